The molecule has 3 rings (SSSR count). The fourth-order valence-electron chi connectivity index (χ4n) is 2.64. The van der Waals surface area contributed by atoms with Crippen LogP contribution in [0.3, 0.4) is 0 Å². The van der Waals surface area contributed by atoms with Crippen molar-refractivity contribution in [3.05, 3.63) is 66.7 Å². The highest BCUT2D eigenvalue weighted by molar-refractivity contribution is 5.87. The molecule has 0 radical (unpaired) electrons. The number of ether oxygens (including phenoxy) is 2. The molecule has 0 saturated carbocycles. The third-order valence-corrected chi connectivity index (χ3v) is 4.66. The van der Waals surface area contributed by atoms with Gasteiger partial charge in [0.05, 0.1) is 0 Å². The number of carbonyl (C=O) groups is 1. The van der Waals surface area contributed by atoms with E-state index in [4.69, 9.17) is 13.9 Å². The van der Waals surface area contributed by atoms with Gasteiger partial charge in [0.15, 0.2) is 0 Å². The van der Waals surface area contributed by atoms with Crippen LogP contribution in [0.4, 0.5) is 13.2 Å². The van der Waals surface area contributed by atoms with Gasteiger partial charge in [-0.15, -0.1) is 0 Å². The highest BCUT2D eigenvalue weighted by Gasteiger charge is 2.53. The average Bonchev–Trinajstić information content (AvgIpc) is 3.13. The lowest BCUT2D eigenvalue weighted by Crippen LogP contribution is -2.44. The van der Waals surface area contributed by atoms with Crippen LogP contribution in [0.25, 0.3) is 22.3 Å². The highest BCUT2D eigenvalue weighted by atomic mass is 19.4. The predicted molar refractivity (Wildman–Crippen MR) is 107 cm³/mol. The van der Waals surface area contributed by atoms with Gasteiger partial charge in [-0.25, -0.2) is 4.79 Å². The number of esters is 1. The Morgan fingerprint density at radius 1 is 1.07 bits per heavy atom. The van der Waals surface area contributed by atoms with E-state index in [9.17, 15) is 18.0 Å². The monoisotopic (exact) mass is 418 g/mol. The lowest BCUT2D eigenvalue weighted by Gasteiger charge is -2.31. The van der Waals surface area contributed by atoms with Crippen LogP contribution in [-0.2, 0) is 9.53 Å². The summed E-state index contributed by atoms with van der Waals surface area (Å²) < 4.78 is 56.8. The summed E-state index contributed by atoms with van der Waals surface area (Å²) in [5.74, 6) is -0.0105. The van der Waals surface area contributed by atoms with Crippen LogP contribution in [0.15, 0.2) is 71.2 Å². The molecule has 0 aliphatic rings. The number of furan rings is 1. The Morgan fingerprint density at radius 2 is 1.77 bits per heavy atom. The Bertz CT molecular complexity index is 1050. The second-order valence-electron chi connectivity index (χ2n) is 7.38. The Balaban J connectivity index is 1.76. The van der Waals surface area contributed by atoms with E-state index in [1.807, 2.05) is 36.4 Å². The molecular weight excluding hydrogens is 397 g/mol. The van der Waals surface area contributed by atoms with Gasteiger partial charge in [-0.3, -0.25) is 0 Å². The van der Waals surface area contributed by atoms with Crippen molar-refractivity contribution in [1.82, 2.24) is 0 Å². The van der Waals surface area contributed by atoms with Gasteiger partial charge in [-0.1, -0.05) is 36.9 Å². The molecule has 2 aromatic carbocycles. The number of hydrogen-bond acceptors (Lipinski definition) is 4. The van der Waals surface area contributed by atoms with Crippen LogP contribution in [0.5, 0.6) is 5.75 Å². The van der Waals surface area contributed by atoms with E-state index in [1.54, 1.807) is 18.2 Å². The van der Waals surface area contributed by atoms with Crippen molar-refractivity contribution in [3.8, 4) is 17.1 Å². The van der Waals surface area contributed by atoms with E-state index in [-0.39, 0.29) is 11.3 Å². The smallest absolute Gasteiger partial charge is 0.400 e. The van der Waals surface area contributed by atoms with E-state index in [1.165, 1.54) is 6.92 Å². The molecule has 0 fully saturated rings. The first-order chi connectivity index (χ1) is 14.1. The molecule has 0 bridgehead atoms. The number of carbonyl (C=O) groups excluding carboxylic acids is 1. The first-order valence-electron chi connectivity index (χ1n) is 9.20. The molecule has 0 N–H and O–H groups in total. The molecule has 4 nitrogen and oxygen atoms in total. The Labute approximate surface area is 171 Å². The lowest BCUT2D eigenvalue weighted by molar-refractivity contribution is -0.240. The standard InChI is InChI=1S/C23H21F3O4/c1-15(2)21(27)29-14-22(3,23(24,25)26)13-28-18-10-9-17-11-19(30-20(17)12-18)16-7-5-4-6-8-16/h4-12H,1,13-14H2,2-3H3. The topological polar surface area (TPSA) is 48.7 Å². The van der Waals surface area contributed by atoms with Crippen molar-refractivity contribution in [2.24, 2.45) is 5.41 Å². The summed E-state index contributed by atoms with van der Waals surface area (Å²) in [6, 6.07) is 16.1. The molecule has 1 heterocycles. The summed E-state index contributed by atoms with van der Waals surface area (Å²) in [6.45, 7) is 4.08. The van der Waals surface area contributed by atoms with Crippen LogP contribution in [0, 0.1) is 5.41 Å². The minimum Gasteiger partial charge on any atom is -0.492 e. The quantitative estimate of drug-likeness (QED) is 0.340. The fourth-order valence-corrected chi connectivity index (χ4v) is 2.64. The van der Waals surface area contributed by atoms with Gasteiger partial charge in [0, 0.05) is 22.6 Å². The molecule has 30 heavy (non-hydrogen) atoms. The zero-order valence-electron chi connectivity index (χ0n) is 16.6. The largest absolute Gasteiger partial charge is 0.492 e. The van der Waals surface area contributed by atoms with Crippen molar-refractivity contribution in [2.75, 3.05) is 13.2 Å². The Morgan fingerprint density at radius 3 is 2.40 bits per heavy atom. The van der Waals surface area contributed by atoms with Gasteiger partial charge in [-0.2, -0.15) is 13.2 Å². The maximum Gasteiger partial charge on any atom is 0.400 e. The highest BCUT2D eigenvalue weighted by Crippen LogP contribution is 2.39. The fraction of sp³-hybridized carbons (Fsp3) is 0.261. The van der Waals surface area contributed by atoms with Gasteiger partial charge in [0.25, 0.3) is 0 Å². The molecule has 158 valence electrons. The first-order valence-corrected chi connectivity index (χ1v) is 9.20. The first kappa shape index (κ1) is 21.5. The molecule has 7 heteroatoms. The number of hydrogen-bond donors (Lipinski definition) is 0. The van der Waals surface area contributed by atoms with Crippen molar-refractivity contribution < 1.29 is 31.9 Å². The number of halogens is 3. The lowest BCUT2D eigenvalue weighted by atomic mass is 9.92. The molecule has 3 aromatic rings. The maximum absolute atomic E-state index is 13.6. The molecule has 1 atom stereocenters. The third-order valence-electron chi connectivity index (χ3n) is 4.66. The number of fused-ring (bicyclic) bond motifs is 1. The minimum absolute atomic E-state index is 0.0259. The van der Waals surface area contributed by atoms with E-state index in [0.717, 1.165) is 17.9 Å². The van der Waals surface area contributed by atoms with Gasteiger partial charge in [-0.05, 0) is 32.0 Å². The summed E-state index contributed by atoms with van der Waals surface area (Å²) in [5, 5.41) is 0.801. The molecule has 1 unspecified atom stereocenters. The summed E-state index contributed by atoms with van der Waals surface area (Å²) in [4.78, 5) is 11.5. The molecule has 0 saturated heterocycles. The van der Waals surface area contributed by atoms with Crippen LogP contribution in [0.2, 0.25) is 0 Å². The van der Waals surface area contributed by atoms with Crippen molar-refractivity contribution in [3.63, 3.8) is 0 Å². The van der Waals surface area contributed by atoms with Gasteiger partial charge >= 0.3 is 12.1 Å². The zero-order chi connectivity index (χ0) is 21.9. The summed E-state index contributed by atoms with van der Waals surface area (Å²) in [7, 11) is 0. The normalized spacial score (nSPS) is 13.6. The molecule has 0 aliphatic carbocycles. The second kappa shape index (κ2) is 8.26. The molecule has 1 aromatic heterocycles. The predicted octanol–water partition coefficient (Wildman–Crippen LogP) is 6.17. The number of alkyl halides is 3. The molecule has 0 amide bonds. The molecular formula is C23H21F3O4. The van der Waals surface area contributed by atoms with Crippen LogP contribution in [0.1, 0.15) is 13.8 Å². The maximum atomic E-state index is 13.6. The van der Waals surface area contributed by atoms with E-state index >= 15 is 0 Å². The zero-order valence-corrected chi connectivity index (χ0v) is 16.6. The van der Waals surface area contributed by atoms with Crippen molar-refractivity contribution in [2.45, 2.75) is 20.0 Å². The molecule has 0 aliphatic heterocycles. The SMILES string of the molecule is C=C(C)C(=O)OCC(C)(COc1ccc2cc(-c3ccccc3)oc2c1)C(F)(F)F. The van der Waals surface area contributed by atoms with Crippen LogP contribution < -0.4 is 4.74 Å². The van der Waals surface area contributed by atoms with E-state index < -0.39 is 30.8 Å². The van der Waals surface area contributed by atoms with Gasteiger partial charge < -0.3 is 13.9 Å². The molecule has 0 spiro atoms. The van der Waals surface area contributed by atoms with E-state index in [0.29, 0.717) is 11.3 Å². The summed E-state index contributed by atoms with van der Waals surface area (Å²) in [6.07, 6.45) is -4.64. The Kier molecular flexibility index (Phi) is 5.92. The average molecular weight is 418 g/mol. The number of benzene rings is 2. The van der Waals surface area contributed by atoms with Gasteiger partial charge in [0.2, 0.25) is 0 Å². The van der Waals surface area contributed by atoms with Crippen molar-refractivity contribution in [1.29, 1.82) is 0 Å². The Hall–Kier alpha value is -3.22. The third kappa shape index (κ3) is 4.67. The second-order valence-corrected chi connectivity index (χ2v) is 7.38. The van der Waals surface area contributed by atoms with Crippen molar-refractivity contribution >= 4 is 16.9 Å². The number of rotatable bonds is 7. The minimum atomic E-state index is -4.64. The van der Waals surface area contributed by atoms with Crippen LogP contribution >= 0.6 is 0 Å². The van der Waals surface area contributed by atoms with Crippen LogP contribution in [-0.4, -0.2) is 25.4 Å². The summed E-state index contributed by atoms with van der Waals surface area (Å²) in [5.41, 5.74) is -0.974. The van der Waals surface area contributed by atoms with E-state index in [2.05, 4.69) is 6.58 Å². The van der Waals surface area contributed by atoms with Gasteiger partial charge in [0.1, 0.15) is 35.7 Å². The summed E-state index contributed by atoms with van der Waals surface area (Å²) >= 11 is 0.